The van der Waals surface area contributed by atoms with Crippen LogP contribution < -0.4 is 21.5 Å². The van der Waals surface area contributed by atoms with E-state index in [9.17, 15) is 14.4 Å². The Bertz CT molecular complexity index is 1000. The van der Waals surface area contributed by atoms with Gasteiger partial charge >= 0.3 is 0 Å². The number of nitrogens with one attached hydrogen (secondary N) is 4. The van der Waals surface area contributed by atoms with E-state index in [1.54, 1.807) is 6.08 Å². The Morgan fingerprint density at radius 1 is 0.871 bits per heavy atom. The molecule has 4 N–H and O–H groups in total. The Labute approximate surface area is 187 Å². The lowest BCUT2D eigenvalue weighted by Gasteiger charge is -2.11. The third-order valence-electron chi connectivity index (χ3n) is 4.29. The molecule has 0 fully saturated rings. The number of carbonyl (C=O) groups is 3. The summed E-state index contributed by atoms with van der Waals surface area (Å²) in [6.45, 7) is 5.86. The van der Waals surface area contributed by atoms with Gasteiger partial charge in [0.25, 0.3) is 0 Å². The van der Waals surface area contributed by atoms with Crippen LogP contribution in [0.1, 0.15) is 35.1 Å². The van der Waals surface area contributed by atoms with Crippen molar-refractivity contribution in [2.75, 3.05) is 5.32 Å². The van der Waals surface area contributed by atoms with Gasteiger partial charge in [-0.15, -0.1) is 0 Å². The first-order chi connectivity index (χ1) is 14.7. The maximum atomic E-state index is 12.0. The highest BCUT2D eigenvalue weighted by Gasteiger charge is 2.09. The highest BCUT2D eigenvalue weighted by atomic mass is 32.1. The standard InChI is InChI=1S/C23H26N4O3S/c1-15-4-7-18(8-5-15)9-11-21(29)25-23(31)27-26-22(30)13-12-20(28)24-19-10-6-16(2)14-17(19)3/h4-11,14H,12-13H2,1-3H3,(H,24,28)(H,26,30)(H2,25,27,29,31)/b11-9+. The van der Waals surface area contributed by atoms with Gasteiger partial charge in [0.2, 0.25) is 17.7 Å². The molecule has 0 aliphatic heterocycles. The SMILES string of the molecule is Cc1ccc(/C=C/C(=O)NC(=S)NNC(=O)CCC(=O)Nc2ccc(C)cc2C)cc1. The largest absolute Gasteiger partial charge is 0.326 e. The normalized spacial score (nSPS) is 10.4. The van der Waals surface area contributed by atoms with Crippen LogP contribution in [0.2, 0.25) is 0 Å². The Balaban J connectivity index is 1.67. The van der Waals surface area contributed by atoms with Gasteiger partial charge in [0.05, 0.1) is 0 Å². The smallest absolute Gasteiger partial charge is 0.250 e. The van der Waals surface area contributed by atoms with E-state index in [2.05, 4.69) is 21.5 Å². The van der Waals surface area contributed by atoms with Crippen LogP contribution in [0.15, 0.2) is 48.5 Å². The molecule has 7 nitrogen and oxygen atoms in total. The van der Waals surface area contributed by atoms with Gasteiger partial charge in [-0.2, -0.15) is 0 Å². The fourth-order valence-electron chi connectivity index (χ4n) is 2.62. The third kappa shape index (κ3) is 8.79. The summed E-state index contributed by atoms with van der Waals surface area (Å²) in [6.07, 6.45) is 2.98. The van der Waals surface area contributed by atoms with Crippen molar-refractivity contribution >= 4 is 46.8 Å². The molecule has 0 unspecified atom stereocenters. The molecule has 0 saturated carbocycles. The monoisotopic (exact) mass is 438 g/mol. The maximum absolute atomic E-state index is 12.0. The van der Waals surface area contributed by atoms with Gasteiger partial charge in [0.15, 0.2) is 5.11 Å². The minimum atomic E-state index is -0.430. The van der Waals surface area contributed by atoms with Gasteiger partial charge in [-0.1, -0.05) is 47.5 Å². The molecular weight excluding hydrogens is 412 g/mol. The molecule has 8 heteroatoms. The second kappa shape index (κ2) is 11.6. The van der Waals surface area contributed by atoms with Gasteiger partial charge in [0.1, 0.15) is 0 Å². The number of rotatable bonds is 6. The van der Waals surface area contributed by atoms with Crippen molar-refractivity contribution in [1.29, 1.82) is 0 Å². The Morgan fingerprint density at radius 2 is 1.52 bits per heavy atom. The summed E-state index contributed by atoms with van der Waals surface area (Å²) >= 11 is 4.97. The summed E-state index contributed by atoms with van der Waals surface area (Å²) in [5, 5.41) is 5.16. The van der Waals surface area contributed by atoms with E-state index in [-0.39, 0.29) is 23.9 Å². The average molecular weight is 439 g/mol. The van der Waals surface area contributed by atoms with E-state index in [1.807, 2.05) is 63.2 Å². The molecule has 2 rings (SSSR count). The highest BCUT2D eigenvalue weighted by Crippen LogP contribution is 2.16. The molecule has 0 heterocycles. The lowest BCUT2D eigenvalue weighted by atomic mass is 10.1. The number of thiocarbonyl (C=S) groups is 1. The zero-order valence-electron chi connectivity index (χ0n) is 17.7. The molecule has 0 radical (unpaired) electrons. The third-order valence-corrected chi connectivity index (χ3v) is 4.50. The Morgan fingerprint density at radius 3 is 2.19 bits per heavy atom. The van der Waals surface area contributed by atoms with Crippen LogP contribution in [-0.2, 0) is 14.4 Å². The molecule has 0 saturated heterocycles. The topological polar surface area (TPSA) is 99.3 Å². The van der Waals surface area contributed by atoms with Crippen LogP contribution in [0.4, 0.5) is 5.69 Å². The molecule has 0 aliphatic rings. The number of amides is 3. The molecular formula is C23H26N4O3S. The summed E-state index contributed by atoms with van der Waals surface area (Å²) in [4.78, 5) is 35.8. The number of benzene rings is 2. The van der Waals surface area contributed by atoms with E-state index >= 15 is 0 Å². The Hall–Kier alpha value is -3.52. The number of hydrazine groups is 1. The number of aryl methyl sites for hydroxylation is 3. The highest BCUT2D eigenvalue weighted by molar-refractivity contribution is 7.80. The van der Waals surface area contributed by atoms with Crippen molar-refractivity contribution in [3.05, 3.63) is 70.8 Å². The van der Waals surface area contributed by atoms with Gasteiger partial charge in [-0.05, 0) is 56.3 Å². The fourth-order valence-corrected chi connectivity index (χ4v) is 2.77. The van der Waals surface area contributed by atoms with Crippen LogP contribution in [0, 0.1) is 20.8 Å². The van der Waals surface area contributed by atoms with E-state index in [1.165, 1.54) is 6.08 Å². The molecule has 2 aromatic rings. The van der Waals surface area contributed by atoms with E-state index < -0.39 is 11.8 Å². The number of hydrogen-bond donors (Lipinski definition) is 4. The van der Waals surface area contributed by atoms with Crippen molar-refractivity contribution in [2.24, 2.45) is 0 Å². The van der Waals surface area contributed by atoms with E-state index in [0.717, 1.165) is 27.9 Å². The lowest BCUT2D eigenvalue weighted by molar-refractivity contribution is -0.124. The molecule has 0 aliphatic carbocycles. The average Bonchev–Trinajstić information content (AvgIpc) is 2.72. The quantitative estimate of drug-likeness (QED) is 0.316. The van der Waals surface area contributed by atoms with Crippen LogP contribution in [0.25, 0.3) is 6.08 Å². The minimum Gasteiger partial charge on any atom is -0.326 e. The van der Waals surface area contributed by atoms with E-state index in [0.29, 0.717) is 0 Å². The van der Waals surface area contributed by atoms with Crippen LogP contribution in [-0.4, -0.2) is 22.8 Å². The van der Waals surface area contributed by atoms with Crippen LogP contribution in [0.3, 0.4) is 0 Å². The number of hydrogen-bond acceptors (Lipinski definition) is 4. The van der Waals surface area contributed by atoms with Gasteiger partial charge in [-0.25, -0.2) is 0 Å². The zero-order valence-corrected chi connectivity index (χ0v) is 18.6. The molecule has 0 aromatic heterocycles. The molecule has 162 valence electrons. The van der Waals surface area contributed by atoms with Crippen molar-refractivity contribution in [1.82, 2.24) is 16.2 Å². The molecule has 31 heavy (non-hydrogen) atoms. The molecule has 2 aromatic carbocycles. The van der Waals surface area contributed by atoms with Crippen molar-refractivity contribution in [3.8, 4) is 0 Å². The fraction of sp³-hybridized carbons (Fsp3) is 0.217. The van der Waals surface area contributed by atoms with Crippen LogP contribution in [0.5, 0.6) is 0 Å². The van der Waals surface area contributed by atoms with Crippen molar-refractivity contribution < 1.29 is 14.4 Å². The van der Waals surface area contributed by atoms with Crippen molar-refractivity contribution in [3.63, 3.8) is 0 Å². The van der Waals surface area contributed by atoms with Crippen LogP contribution >= 0.6 is 12.2 Å². The molecule has 0 bridgehead atoms. The van der Waals surface area contributed by atoms with E-state index in [4.69, 9.17) is 12.2 Å². The second-order valence-corrected chi connectivity index (χ2v) is 7.51. The summed E-state index contributed by atoms with van der Waals surface area (Å²) in [6, 6.07) is 13.4. The summed E-state index contributed by atoms with van der Waals surface area (Å²) < 4.78 is 0. The summed E-state index contributed by atoms with van der Waals surface area (Å²) in [7, 11) is 0. The maximum Gasteiger partial charge on any atom is 0.250 e. The van der Waals surface area contributed by atoms with Gasteiger partial charge < -0.3 is 5.32 Å². The predicted molar refractivity (Wildman–Crippen MR) is 126 cm³/mol. The second-order valence-electron chi connectivity index (χ2n) is 7.10. The predicted octanol–water partition coefficient (Wildman–Crippen LogP) is 3.07. The van der Waals surface area contributed by atoms with Crippen molar-refractivity contribution in [2.45, 2.75) is 33.6 Å². The van der Waals surface area contributed by atoms with Gasteiger partial charge in [-0.3, -0.25) is 30.6 Å². The Kier molecular flexibility index (Phi) is 8.90. The summed E-state index contributed by atoms with van der Waals surface area (Å²) in [5.41, 5.74) is 9.59. The first kappa shape index (κ1) is 23.8. The number of anilines is 1. The lowest BCUT2D eigenvalue weighted by Crippen LogP contribution is -2.48. The molecule has 0 spiro atoms. The first-order valence-electron chi connectivity index (χ1n) is 9.74. The summed E-state index contributed by atoms with van der Waals surface area (Å²) in [5.74, 6) is -1.12. The zero-order chi connectivity index (χ0) is 22.8. The molecule has 0 atom stereocenters. The molecule has 3 amide bonds. The minimum absolute atomic E-state index is 0.0131. The van der Waals surface area contributed by atoms with Gasteiger partial charge in [0, 0.05) is 24.6 Å². The first-order valence-corrected chi connectivity index (χ1v) is 10.2. The number of carbonyl (C=O) groups excluding carboxylic acids is 3.